The fourth-order valence-electron chi connectivity index (χ4n) is 2.93. The molecule has 5 heteroatoms. The number of benzene rings is 1. The van der Waals surface area contributed by atoms with Crippen LogP contribution in [0.25, 0.3) is 0 Å². The number of ether oxygens (including phenoxy) is 2. The third kappa shape index (κ3) is 4.28. The molecule has 1 amide bonds. The average Bonchev–Trinajstić information content (AvgIpc) is 2.76. The molecule has 1 atom stereocenters. The molecule has 0 bridgehead atoms. The Labute approximate surface area is 143 Å². The van der Waals surface area contributed by atoms with Gasteiger partial charge in [-0.3, -0.25) is 9.59 Å². The van der Waals surface area contributed by atoms with Crippen LogP contribution in [0.4, 0.5) is 0 Å². The van der Waals surface area contributed by atoms with Crippen molar-refractivity contribution in [1.82, 2.24) is 5.32 Å². The molecule has 1 aromatic carbocycles. The molecule has 1 aliphatic heterocycles. The van der Waals surface area contributed by atoms with Gasteiger partial charge in [-0.1, -0.05) is 26.0 Å². The van der Waals surface area contributed by atoms with Crippen molar-refractivity contribution in [3.05, 3.63) is 29.3 Å². The largest absolute Gasteiger partial charge is 0.491 e. The van der Waals surface area contributed by atoms with Crippen LogP contribution in [0, 0.1) is 12.8 Å². The molecule has 132 valence electrons. The minimum Gasteiger partial charge on any atom is -0.491 e. The summed E-state index contributed by atoms with van der Waals surface area (Å²) in [5.74, 6) is 0.298. The fourth-order valence-corrected chi connectivity index (χ4v) is 2.93. The van der Waals surface area contributed by atoms with Crippen LogP contribution in [0.1, 0.15) is 51.2 Å². The zero-order chi connectivity index (χ0) is 17.9. The molecule has 0 saturated carbocycles. The molecule has 0 aliphatic carbocycles. The van der Waals surface area contributed by atoms with E-state index in [-0.39, 0.29) is 18.3 Å². The van der Waals surface area contributed by atoms with Gasteiger partial charge in [0.05, 0.1) is 18.9 Å². The minimum absolute atomic E-state index is 0.134. The van der Waals surface area contributed by atoms with Crippen LogP contribution in [-0.4, -0.2) is 30.6 Å². The van der Waals surface area contributed by atoms with E-state index in [9.17, 15) is 9.59 Å². The molecule has 1 aliphatic rings. The highest BCUT2D eigenvalue weighted by atomic mass is 16.6. The summed E-state index contributed by atoms with van der Waals surface area (Å²) in [6.45, 7) is 10.6. The van der Waals surface area contributed by atoms with Crippen molar-refractivity contribution >= 4 is 11.9 Å². The zero-order valence-electron chi connectivity index (χ0n) is 15.1. The first-order chi connectivity index (χ1) is 11.2. The lowest BCUT2D eigenvalue weighted by Gasteiger charge is -2.23. The number of rotatable bonds is 6. The SMILES string of the molecule is Cc1ccc(C(C)C)c(OCCNC(=O)[C@H]2CC(=O)OC2(C)C)c1. The number of nitrogens with one attached hydrogen (secondary N) is 1. The normalized spacial score (nSPS) is 19.2. The van der Waals surface area contributed by atoms with E-state index in [2.05, 4.69) is 31.3 Å². The molecule has 1 saturated heterocycles. The van der Waals surface area contributed by atoms with Crippen LogP contribution >= 0.6 is 0 Å². The van der Waals surface area contributed by atoms with Gasteiger partial charge in [-0.25, -0.2) is 0 Å². The fraction of sp³-hybridized carbons (Fsp3) is 0.579. The van der Waals surface area contributed by atoms with E-state index in [1.54, 1.807) is 13.8 Å². The molecule has 0 spiro atoms. The van der Waals surface area contributed by atoms with Gasteiger partial charge in [0.15, 0.2) is 0 Å². The molecule has 0 unspecified atom stereocenters. The Balaban J connectivity index is 1.86. The number of aryl methyl sites for hydroxylation is 1. The lowest BCUT2D eigenvalue weighted by molar-refractivity contribution is -0.147. The van der Waals surface area contributed by atoms with Crippen LogP contribution < -0.4 is 10.1 Å². The van der Waals surface area contributed by atoms with E-state index in [1.807, 2.05) is 13.0 Å². The van der Waals surface area contributed by atoms with Gasteiger partial charge >= 0.3 is 5.97 Å². The van der Waals surface area contributed by atoms with Gasteiger partial charge in [0.1, 0.15) is 18.0 Å². The maximum atomic E-state index is 12.2. The van der Waals surface area contributed by atoms with Crippen molar-refractivity contribution in [3.8, 4) is 5.75 Å². The van der Waals surface area contributed by atoms with E-state index in [4.69, 9.17) is 9.47 Å². The Morgan fingerprint density at radius 2 is 2.12 bits per heavy atom. The number of esters is 1. The molecular weight excluding hydrogens is 306 g/mol. The molecule has 24 heavy (non-hydrogen) atoms. The quantitative estimate of drug-likeness (QED) is 0.642. The summed E-state index contributed by atoms with van der Waals surface area (Å²) in [7, 11) is 0. The van der Waals surface area contributed by atoms with Crippen molar-refractivity contribution in [2.75, 3.05) is 13.2 Å². The van der Waals surface area contributed by atoms with Gasteiger partial charge in [0.2, 0.25) is 5.91 Å². The van der Waals surface area contributed by atoms with E-state index in [0.717, 1.165) is 16.9 Å². The second-order valence-corrected chi connectivity index (χ2v) is 7.17. The first-order valence-corrected chi connectivity index (χ1v) is 8.43. The Kier molecular flexibility index (Phi) is 5.52. The maximum absolute atomic E-state index is 12.2. The van der Waals surface area contributed by atoms with E-state index in [1.165, 1.54) is 0 Å². The lowest BCUT2D eigenvalue weighted by atomic mass is 9.90. The zero-order valence-corrected chi connectivity index (χ0v) is 15.1. The standard InChI is InChI=1S/C19H27NO4/c1-12(2)14-7-6-13(3)10-16(14)23-9-8-20-18(22)15-11-17(21)24-19(15,4)5/h6-7,10,12,15H,8-9,11H2,1-5H3,(H,20,22)/t15-/m1/s1. The van der Waals surface area contributed by atoms with Crippen LogP contribution in [0.15, 0.2) is 18.2 Å². The Morgan fingerprint density at radius 3 is 2.71 bits per heavy atom. The highest BCUT2D eigenvalue weighted by molar-refractivity contribution is 5.87. The number of hydrogen-bond acceptors (Lipinski definition) is 4. The topological polar surface area (TPSA) is 64.6 Å². The third-order valence-electron chi connectivity index (χ3n) is 4.35. The summed E-state index contributed by atoms with van der Waals surface area (Å²) in [6.07, 6.45) is 0.134. The van der Waals surface area contributed by atoms with E-state index < -0.39 is 11.5 Å². The highest BCUT2D eigenvalue weighted by Crippen LogP contribution is 2.32. The van der Waals surface area contributed by atoms with Crippen LogP contribution in [0.2, 0.25) is 0 Å². The molecular formula is C19H27NO4. The number of hydrogen-bond donors (Lipinski definition) is 1. The second-order valence-electron chi connectivity index (χ2n) is 7.17. The number of carbonyl (C=O) groups is 2. The molecule has 5 nitrogen and oxygen atoms in total. The summed E-state index contributed by atoms with van der Waals surface area (Å²) < 4.78 is 11.0. The molecule has 2 rings (SSSR count). The number of amides is 1. The van der Waals surface area contributed by atoms with Crippen molar-refractivity contribution in [2.24, 2.45) is 5.92 Å². The Morgan fingerprint density at radius 1 is 1.42 bits per heavy atom. The van der Waals surface area contributed by atoms with E-state index >= 15 is 0 Å². The van der Waals surface area contributed by atoms with Crippen LogP contribution in [-0.2, 0) is 14.3 Å². The molecule has 1 fully saturated rings. The van der Waals surface area contributed by atoms with Gasteiger partial charge in [0, 0.05) is 0 Å². The average molecular weight is 333 g/mol. The minimum atomic E-state index is -0.747. The van der Waals surface area contributed by atoms with Crippen LogP contribution in [0.3, 0.4) is 0 Å². The van der Waals surface area contributed by atoms with Gasteiger partial charge in [0.25, 0.3) is 0 Å². The summed E-state index contributed by atoms with van der Waals surface area (Å²) >= 11 is 0. The molecule has 0 radical (unpaired) electrons. The molecule has 1 aromatic rings. The third-order valence-corrected chi connectivity index (χ3v) is 4.35. The number of cyclic esters (lactones) is 1. The molecule has 1 heterocycles. The van der Waals surface area contributed by atoms with Crippen molar-refractivity contribution in [3.63, 3.8) is 0 Å². The lowest BCUT2D eigenvalue weighted by Crippen LogP contribution is -2.41. The van der Waals surface area contributed by atoms with Gasteiger partial charge in [-0.2, -0.15) is 0 Å². The highest BCUT2D eigenvalue weighted by Gasteiger charge is 2.45. The maximum Gasteiger partial charge on any atom is 0.307 e. The second kappa shape index (κ2) is 7.24. The monoisotopic (exact) mass is 333 g/mol. The summed E-state index contributed by atoms with van der Waals surface area (Å²) in [5.41, 5.74) is 1.55. The Hall–Kier alpha value is -2.04. The molecule has 1 N–H and O–H groups in total. The van der Waals surface area contributed by atoms with Crippen molar-refractivity contribution in [2.45, 2.75) is 52.6 Å². The first kappa shape index (κ1) is 18.3. The smallest absolute Gasteiger partial charge is 0.307 e. The van der Waals surface area contributed by atoms with Crippen LogP contribution in [0.5, 0.6) is 5.75 Å². The summed E-state index contributed by atoms with van der Waals surface area (Å²) in [6, 6.07) is 6.17. The first-order valence-electron chi connectivity index (χ1n) is 8.43. The van der Waals surface area contributed by atoms with Gasteiger partial charge < -0.3 is 14.8 Å². The predicted octanol–water partition coefficient (Wildman–Crippen LogP) is 2.96. The Bertz CT molecular complexity index is 622. The number of carbonyl (C=O) groups excluding carboxylic acids is 2. The van der Waals surface area contributed by atoms with Gasteiger partial charge in [-0.15, -0.1) is 0 Å². The summed E-state index contributed by atoms with van der Waals surface area (Å²) in [5, 5.41) is 2.84. The molecule has 0 aromatic heterocycles. The van der Waals surface area contributed by atoms with E-state index in [0.29, 0.717) is 19.1 Å². The van der Waals surface area contributed by atoms with Crippen molar-refractivity contribution < 1.29 is 19.1 Å². The van der Waals surface area contributed by atoms with Gasteiger partial charge in [-0.05, 0) is 43.9 Å². The predicted molar refractivity (Wildman–Crippen MR) is 92.1 cm³/mol. The summed E-state index contributed by atoms with van der Waals surface area (Å²) in [4.78, 5) is 23.6. The van der Waals surface area contributed by atoms with Crippen molar-refractivity contribution in [1.29, 1.82) is 0 Å².